The third-order valence-electron chi connectivity index (χ3n) is 3.67. The van der Waals surface area contributed by atoms with Crippen molar-refractivity contribution in [1.29, 1.82) is 0 Å². The highest BCUT2D eigenvalue weighted by Gasteiger charge is 2.26. The highest BCUT2D eigenvalue weighted by molar-refractivity contribution is 4.81. The Morgan fingerprint density at radius 3 is 1.94 bits per heavy atom. The summed E-state index contributed by atoms with van der Waals surface area (Å²) in [5.74, 6) is 0.689. The molecule has 0 amide bonds. The van der Waals surface area contributed by atoms with Crippen molar-refractivity contribution in [3.63, 3.8) is 0 Å². The molecule has 0 saturated heterocycles. The summed E-state index contributed by atoms with van der Waals surface area (Å²) in [4.78, 5) is 2.48. The lowest BCUT2D eigenvalue weighted by Gasteiger charge is -2.38. The molecule has 0 aliphatic rings. The molecular weight excluding hydrogens is 196 g/mol. The fourth-order valence-electron chi connectivity index (χ4n) is 1.90. The van der Waals surface area contributed by atoms with Crippen molar-refractivity contribution in [2.75, 3.05) is 20.1 Å². The second-order valence-electron chi connectivity index (χ2n) is 6.39. The Kier molecular flexibility index (Phi) is 6.57. The van der Waals surface area contributed by atoms with Crippen LogP contribution in [-0.2, 0) is 0 Å². The molecule has 0 bridgehead atoms. The molecule has 2 heteroatoms. The van der Waals surface area contributed by atoms with Crippen LogP contribution in [0.25, 0.3) is 0 Å². The topological polar surface area (TPSA) is 15.3 Å². The van der Waals surface area contributed by atoms with Gasteiger partial charge in [-0.3, -0.25) is 0 Å². The van der Waals surface area contributed by atoms with Gasteiger partial charge in [0.2, 0.25) is 0 Å². The van der Waals surface area contributed by atoms with Gasteiger partial charge in [0.1, 0.15) is 0 Å². The molecule has 0 aromatic carbocycles. The van der Waals surface area contributed by atoms with E-state index in [1.165, 1.54) is 0 Å². The fraction of sp³-hybridized carbons (Fsp3) is 1.00. The van der Waals surface area contributed by atoms with Crippen molar-refractivity contribution < 1.29 is 0 Å². The number of nitrogens with one attached hydrogen (secondary N) is 1. The molecule has 0 aliphatic heterocycles. The van der Waals surface area contributed by atoms with Gasteiger partial charge in [0.05, 0.1) is 0 Å². The Labute approximate surface area is 103 Å². The van der Waals surface area contributed by atoms with Crippen LogP contribution in [0, 0.1) is 11.3 Å². The Morgan fingerprint density at radius 1 is 1.12 bits per heavy atom. The first-order valence-electron chi connectivity index (χ1n) is 6.63. The molecule has 0 heterocycles. The molecular formula is C14H32N2. The normalized spacial score (nSPS) is 16.9. The second-order valence-corrected chi connectivity index (χ2v) is 6.39. The minimum absolute atomic E-state index is 0.350. The zero-order chi connectivity index (χ0) is 12.9. The summed E-state index contributed by atoms with van der Waals surface area (Å²) in [6.07, 6.45) is 0. The average molecular weight is 228 g/mol. The van der Waals surface area contributed by atoms with E-state index in [9.17, 15) is 0 Å². The van der Waals surface area contributed by atoms with E-state index >= 15 is 0 Å². The van der Waals surface area contributed by atoms with Gasteiger partial charge < -0.3 is 10.2 Å². The van der Waals surface area contributed by atoms with Crippen molar-refractivity contribution >= 4 is 0 Å². The first-order valence-corrected chi connectivity index (χ1v) is 6.63. The van der Waals surface area contributed by atoms with Crippen molar-refractivity contribution in [3.05, 3.63) is 0 Å². The van der Waals surface area contributed by atoms with Gasteiger partial charge in [0, 0.05) is 18.6 Å². The quantitative estimate of drug-likeness (QED) is 0.752. The summed E-state index contributed by atoms with van der Waals surface area (Å²) in [5.41, 5.74) is 0.350. The fourth-order valence-corrected chi connectivity index (χ4v) is 1.90. The van der Waals surface area contributed by atoms with E-state index in [-0.39, 0.29) is 0 Å². The second kappa shape index (κ2) is 6.61. The molecule has 0 saturated carbocycles. The maximum absolute atomic E-state index is 3.58. The number of hydrogen-bond acceptors (Lipinski definition) is 2. The molecule has 16 heavy (non-hydrogen) atoms. The van der Waals surface area contributed by atoms with Crippen LogP contribution in [0.2, 0.25) is 0 Å². The van der Waals surface area contributed by atoms with Crippen LogP contribution < -0.4 is 5.32 Å². The molecule has 0 aromatic heterocycles. The molecule has 0 fully saturated rings. The van der Waals surface area contributed by atoms with Crippen LogP contribution in [0.3, 0.4) is 0 Å². The van der Waals surface area contributed by atoms with Crippen LogP contribution in [0.5, 0.6) is 0 Å². The predicted molar refractivity (Wildman–Crippen MR) is 73.8 cm³/mol. The lowest BCUT2D eigenvalue weighted by atomic mass is 9.86. The standard InChI is InChI=1S/C14H32N2/c1-9-15-13(11(2)3)10-16(8)12(4)14(5,6)7/h11-13,15H,9-10H2,1-8H3. The molecule has 0 spiro atoms. The Balaban J connectivity index is 4.34. The van der Waals surface area contributed by atoms with Gasteiger partial charge in [-0.25, -0.2) is 0 Å². The molecule has 0 aromatic rings. The molecule has 2 atom stereocenters. The van der Waals surface area contributed by atoms with Gasteiger partial charge >= 0.3 is 0 Å². The lowest BCUT2D eigenvalue weighted by molar-refractivity contribution is 0.121. The molecule has 0 aliphatic carbocycles. The minimum atomic E-state index is 0.350. The van der Waals surface area contributed by atoms with E-state index in [2.05, 4.69) is 65.7 Å². The highest BCUT2D eigenvalue weighted by atomic mass is 15.2. The molecule has 0 rings (SSSR count). The summed E-state index contributed by atoms with van der Waals surface area (Å²) in [5, 5.41) is 3.58. The summed E-state index contributed by atoms with van der Waals surface area (Å²) in [6.45, 7) is 18.2. The van der Waals surface area contributed by atoms with Crippen LogP contribution in [-0.4, -0.2) is 37.1 Å². The third kappa shape index (κ3) is 5.31. The number of likely N-dealkylation sites (N-methyl/N-ethyl adjacent to an activating group) is 2. The minimum Gasteiger partial charge on any atom is -0.313 e. The summed E-state index contributed by atoms with van der Waals surface area (Å²) in [6, 6.07) is 1.20. The van der Waals surface area contributed by atoms with Gasteiger partial charge in [0.25, 0.3) is 0 Å². The molecule has 98 valence electrons. The largest absolute Gasteiger partial charge is 0.313 e. The number of hydrogen-bond donors (Lipinski definition) is 1. The van der Waals surface area contributed by atoms with E-state index in [0.717, 1.165) is 13.1 Å². The molecule has 2 unspecified atom stereocenters. The van der Waals surface area contributed by atoms with E-state index in [1.807, 2.05) is 0 Å². The monoisotopic (exact) mass is 228 g/mol. The summed E-state index contributed by atoms with van der Waals surface area (Å²) >= 11 is 0. The van der Waals surface area contributed by atoms with Crippen molar-refractivity contribution in [1.82, 2.24) is 10.2 Å². The average Bonchev–Trinajstić information content (AvgIpc) is 2.14. The zero-order valence-corrected chi connectivity index (χ0v) is 12.6. The molecule has 0 radical (unpaired) electrons. The zero-order valence-electron chi connectivity index (χ0n) is 12.6. The van der Waals surface area contributed by atoms with Crippen LogP contribution in [0.15, 0.2) is 0 Å². The van der Waals surface area contributed by atoms with Gasteiger partial charge in [-0.1, -0.05) is 41.5 Å². The first kappa shape index (κ1) is 15.9. The van der Waals surface area contributed by atoms with E-state index in [4.69, 9.17) is 0 Å². The SMILES string of the molecule is CCNC(CN(C)C(C)C(C)(C)C)C(C)C. The predicted octanol–water partition coefficient (Wildman–Crippen LogP) is 2.99. The van der Waals surface area contributed by atoms with E-state index in [1.54, 1.807) is 0 Å². The van der Waals surface area contributed by atoms with Crippen LogP contribution in [0.1, 0.15) is 48.5 Å². The third-order valence-corrected chi connectivity index (χ3v) is 3.67. The Bertz CT molecular complexity index is 182. The van der Waals surface area contributed by atoms with E-state index < -0.39 is 0 Å². The van der Waals surface area contributed by atoms with Crippen molar-refractivity contribution in [2.24, 2.45) is 11.3 Å². The van der Waals surface area contributed by atoms with E-state index in [0.29, 0.717) is 23.4 Å². The summed E-state index contributed by atoms with van der Waals surface area (Å²) in [7, 11) is 2.24. The van der Waals surface area contributed by atoms with Crippen molar-refractivity contribution in [2.45, 2.75) is 60.5 Å². The van der Waals surface area contributed by atoms with Crippen molar-refractivity contribution in [3.8, 4) is 0 Å². The maximum atomic E-state index is 3.58. The molecule has 2 nitrogen and oxygen atoms in total. The lowest BCUT2D eigenvalue weighted by Crippen LogP contribution is -2.48. The van der Waals surface area contributed by atoms with Gasteiger partial charge in [-0.15, -0.1) is 0 Å². The van der Waals surface area contributed by atoms with Crippen LogP contribution >= 0.6 is 0 Å². The maximum Gasteiger partial charge on any atom is 0.0217 e. The van der Waals surface area contributed by atoms with Gasteiger partial charge in [-0.05, 0) is 31.8 Å². The Morgan fingerprint density at radius 2 is 1.62 bits per heavy atom. The number of rotatable bonds is 6. The molecule has 1 N–H and O–H groups in total. The highest BCUT2D eigenvalue weighted by Crippen LogP contribution is 2.23. The first-order chi connectivity index (χ1) is 7.20. The Hall–Kier alpha value is -0.0800. The van der Waals surface area contributed by atoms with Gasteiger partial charge in [0.15, 0.2) is 0 Å². The smallest absolute Gasteiger partial charge is 0.0217 e. The summed E-state index contributed by atoms with van der Waals surface area (Å²) < 4.78 is 0. The van der Waals surface area contributed by atoms with Crippen LogP contribution in [0.4, 0.5) is 0 Å². The van der Waals surface area contributed by atoms with Gasteiger partial charge in [-0.2, -0.15) is 0 Å². The number of nitrogens with zero attached hydrogens (tertiary/aromatic N) is 1.